The monoisotopic (exact) mass is 215 g/mol. The fraction of sp³-hybridized carbons (Fsp3) is 0.250. The predicted molar refractivity (Wildman–Crippen MR) is 48.2 cm³/mol. The molecule has 2 aromatic rings. The summed E-state index contributed by atoms with van der Waals surface area (Å²) < 4.78 is 2.07. The minimum absolute atomic E-state index is 0.845. The van der Waals surface area contributed by atoms with Gasteiger partial charge in [0, 0.05) is 0 Å². The quantitative estimate of drug-likeness (QED) is 0.614. The normalized spacial score (nSPS) is 10.8. The van der Waals surface area contributed by atoms with Crippen LogP contribution in [0.5, 0.6) is 0 Å². The Hall–Kier alpha value is -0.744. The Morgan fingerprint density at radius 1 is 1.33 bits per heavy atom. The number of aryl methyl sites for hydroxylation is 2. The van der Waals surface area contributed by atoms with Gasteiger partial charge in [0.25, 0.3) is 0 Å². The van der Waals surface area contributed by atoms with Crippen molar-refractivity contribution in [3.63, 3.8) is 0 Å². The van der Waals surface area contributed by atoms with Gasteiger partial charge >= 0.3 is 80.7 Å². The summed E-state index contributed by atoms with van der Waals surface area (Å²) in [5.41, 5.74) is 2.11. The predicted octanol–water partition coefficient (Wildman–Crippen LogP) is 0.980. The minimum atomic E-state index is 0.845. The van der Waals surface area contributed by atoms with Gasteiger partial charge in [-0.15, -0.1) is 0 Å². The van der Waals surface area contributed by atoms with Gasteiger partial charge in [-0.3, -0.25) is 0 Å². The van der Waals surface area contributed by atoms with Crippen molar-refractivity contribution in [2.45, 2.75) is 13.8 Å². The second-order valence-electron chi connectivity index (χ2n) is 2.82. The number of fused-ring (bicyclic) bond motifs is 1. The van der Waals surface area contributed by atoms with Crippen molar-refractivity contribution >= 4 is 29.9 Å². The van der Waals surface area contributed by atoms with Crippen LogP contribution in [0.25, 0.3) is 11.0 Å². The number of rotatable bonds is 0. The van der Waals surface area contributed by atoms with Crippen LogP contribution in [0.2, 0.25) is 0 Å². The van der Waals surface area contributed by atoms with Crippen LogP contribution in [0.15, 0.2) is 12.3 Å². The fourth-order valence-electron chi connectivity index (χ4n) is 1.32. The van der Waals surface area contributed by atoms with Gasteiger partial charge in [0.1, 0.15) is 0 Å². The second kappa shape index (κ2) is 2.64. The van der Waals surface area contributed by atoms with E-state index in [0.717, 1.165) is 22.6 Å². The molecule has 2 rings (SSSR count). The van der Waals surface area contributed by atoms with E-state index in [1.165, 1.54) is 18.8 Å². The van der Waals surface area contributed by atoms with Gasteiger partial charge in [0.05, 0.1) is 0 Å². The first-order chi connectivity index (χ1) is 5.68. The molecule has 0 bridgehead atoms. The SMILES string of the molecule is Cc1nc(C)c2cc[n]([Ga])c2n1. The third-order valence-corrected chi connectivity index (χ3v) is 2.75. The molecule has 0 aromatic carbocycles. The first-order valence-corrected chi connectivity index (χ1v) is 4.84. The molecule has 0 amide bonds. The summed E-state index contributed by atoms with van der Waals surface area (Å²) in [5, 5.41) is 1.16. The number of hydrogen-bond acceptors (Lipinski definition) is 2. The van der Waals surface area contributed by atoms with Crippen LogP contribution in [-0.4, -0.2) is 32.1 Å². The topological polar surface area (TPSA) is 30.7 Å². The Morgan fingerprint density at radius 3 is 2.83 bits per heavy atom. The molecule has 2 aromatic heterocycles. The van der Waals surface area contributed by atoms with E-state index in [0.29, 0.717) is 0 Å². The molecular weight excluding hydrogens is 208 g/mol. The third-order valence-electron chi connectivity index (χ3n) is 1.87. The molecule has 0 atom stereocenters. The molecule has 2 radical (unpaired) electrons. The van der Waals surface area contributed by atoms with Crippen molar-refractivity contribution in [3.8, 4) is 0 Å². The molecule has 0 spiro atoms. The van der Waals surface area contributed by atoms with Gasteiger partial charge in [-0.05, 0) is 0 Å². The van der Waals surface area contributed by atoms with Crippen molar-refractivity contribution in [1.29, 1.82) is 0 Å². The van der Waals surface area contributed by atoms with E-state index < -0.39 is 0 Å². The van der Waals surface area contributed by atoms with E-state index in [2.05, 4.69) is 19.3 Å². The average molecular weight is 216 g/mol. The zero-order chi connectivity index (χ0) is 8.72. The van der Waals surface area contributed by atoms with Gasteiger partial charge < -0.3 is 0 Å². The zero-order valence-electron chi connectivity index (χ0n) is 7.07. The summed E-state index contributed by atoms with van der Waals surface area (Å²) in [6.45, 7) is 3.94. The molecular formula is C8H8GaN3. The van der Waals surface area contributed by atoms with Gasteiger partial charge in [0.2, 0.25) is 0 Å². The summed E-state index contributed by atoms with van der Waals surface area (Å²) >= 11 is 1.54. The molecule has 4 heteroatoms. The first kappa shape index (κ1) is 7.88. The van der Waals surface area contributed by atoms with Crippen LogP contribution in [0.1, 0.15) is 11.5 Å². The summed E-state index contributed by atoms with van der Waals surface area (Å²) in [5.74, 6) is 0.845. The Balaban J connectivity index is 2.92. The van der Waals surface area contributed by atoms with Crippen molar-refractivity contribution in [2.24, 2.45) is 0 Å². The molecule has 0 fully saturated rings. The number of nitrogens with zero attached hydrogens (tertiary/aromatic N) is 3. The first-order valence-electron chi connectivity index (χ1n) is 3.76. The summed E-state index contributed by atoms with van der Waals surface area (Å²) in [7, 11) is 0. The van der Waals surface area contributed by atoms with Crippen molar-refractivity contribution in [1.82, 2.24) is 13.2 Å². The number of aromatic nitrogens is 3. The summed E-state index contributed by atoms with van der Waals surface area (Å²) in [6.07, 6.45) is 2.03. The molecule has 0 saturated carbocycles. The Kier molecular flexibility index (Phi) is 1.73. The maximum absolute atomic E-state index is 4.36. The molecule has 58 valence electrons. The van der Waals surface area contributed by atoms with Gasteiger partial charge in [-0.1, -0.05) is 0 Å². The standard InChI is InChI=1S/C8H8N3.Ga/c1-5-7-3-4-9-8(7)11-6(2)10-5;/h3-4H,1-2H3;/q-1;+1. The van der Waals surface area contributed by atoms with Crippen molar-refractivity contribution < 1.29 is 0 Å². The zero-order valence-corrected chi connectivity index (χ0v) is 9.50. The average Bonchev–Trinajstić information content (AvgIpc) is 2.33. The van der Waals surface area contributed by atoms with E-state index in [4.69, 9.17) is 0 Å². The molecule has 0 N–H and O–H groups in total. The number of hydrogen-bond donors (Lipinski definition) is 0. The molecule has 0 aliphatic heterocycles. The van der Waals surface area contributed by atoms with Crippen LogP contribution in [-0.2, 0) is 0 Å². The second-order valence-corrected chi connectivity index (χ2v) is 3.98. The molecule has 0 aliphatic carbocycles. The molecule has 0 aliphatic rings. The van der Waals surface area contributed by atoms with E-state index in [9.17, 15) is 0 Å². The molecule has 12 heavy (non-hydrogen) atoms. The third kappa shape index (κ3) is 1.07. The van der Waals surface area contributed by atoms with E-state index in [-0.39, 0.29) is 0 Å². The van der Waals surface area contributed by atoms with E-state index in [1.807, 2.05) is 20.0 Å². The van der Waals surface area contributed by atoms with Crippen LogP contribution >= 0.6 is 0 Å². The fourth-order valence-corrected chi connectivity index (χ4v) is 1.91. The van der Waals surface area contributed by atoms with Crippen molar-refractivity contribution in [2.75, 3.05) is 0 Å². The Labute approximate surface area is 81.0 Å². The van der Waals surface area contributed by atoms with E-state index >= 15 is 0 Å². The Morgan fingerprint density at radius 2 is 2.08 bits per heavy atom. The van der Waals surface area contributed by atoms with Gasteiger partial charge in [0.15, 0.2) is 0 Å². The maximum atomic E-state index is 4.36. The van der Waals surface area contributed by atoms with Crippen LogP contribution in [0, 0.1) is 13.8 Å². The van der Waals surface area contributed by atoms with Crippen molar-refractivity contribution in [3.05, 3.63) is 23.8 Å². The van der Waals surface area contributed by atoms with E-state index in [1.54, 1.807) is 0 Å². The van der Waals surface area contributed by atoms with Gasteiger partial charge in [-0.25, -0.2) is 0 Å². The van der Waals surface area contributed by atoms with Crippen LogP contribution in [0.3, 0.4) is 0 Å². The summed E-state index contributed by atoms with van der Waals surface area (Å²) in [4.78, 5) is 8.66. The van der Waals surface area contributed by atoms with Crippen LogP contribution in [0.4, 0.5) is 0 Å². The molecule has 0 unspecified atom stereocenters. The molecule has 0 saturated heterocycles. The molecule has 2 heterocycles. The van der Waals surface area contributed by atoms with Gasteiger partial charge in [-0.2, -0.15) is 0 Å². The van der Waals surface area contributed by atoms with Crippen LogP contribution < -0.4 is 0 Å². The molecule has 3 nitrogen and oxygen atoms in total. The summed E-state index contributed by atoms with van der Waals surface area (Å²) in [6, 6.07) is 2.06. The Bertz CT molecular complexity index is 433.